The molecule has 0 saturated carbocycles. The van der Waals surface area contributed by atoms with E-state index >= 15 is 0 Å². The van der Waals surface area contributed by atoms with E-state index in [-0.39, 0.29) is 0 Å². The van der Waals surface area contributed by atoms with Crippen molar-refractivity contribution >= 4 is 5.82 Å². The molecule has 0 amide bonds. The third-order valence-corrected chi connectivity index (χ3v) is 3.50. The highest BCUT2D eigenvalue weighted by Gasteiger charge is 2.21. The number of nitrogens with zero attached hydrogens (tertiary/aromatic N) is 1. The number of benzene rings is 1. The molecule has 0 aliphatic carbocycles. The molecule has 1 aromatic carbocycles. The van der Waals surface area contributed by atoms with Gasteiger partial charge >= 0.3 is 0 Å². The van der Waals surface area contributed by atoms with E-state index < -0.39 is 0 Å². The van der Waals surface area contributed by atoms with Gasteiger partial charge in [0.05, 0.1) is 0 Å². The molecule has 0 aliphatic heterocycles. The van der Waals surface area contributed by atoms with Crippen LogP contribution in [0, 0.1) is 11.3 Å². The van der Waals surface area contributed by atoms with E-state index in [2.05, 4.69) is 24.9 Å². The first kappa shape index (κ1) is 14.1. The van der Waals surface area contributed by atoms with E-state index in [1.54, 1.807) is 0 Å². The van der Waals surface area contributed by atoms with Gasteiger partial charge in [0, 0.05) is 17.5 Å². The van der Waals surface area contributed by atoms with Crippen molar-refractivity contribution in [1.29, 1.82) is 5.26 Å². The van der Waals surface area contributed by atoms with Gasteiger partial charge in [-0.2, -0.15) is 5.26 Å². The normalized spacial score (nSPS) is 10.2. The van der Waals surface area contributed by atoms with Crippen LogP contribution < -0.4 is 10.7 Å². The van der Waals surface area contributed by atoms with Crippen LogP contribution in [0.3, 0.4) is 0 Å². The van der Waals surface area contributed by atoms with Gasteiger partial charge < -0.3 is 0 Å². The van der Waals surface area contributed by atoms with Gasteiger partial charge in [0.1, 0.15) is 17.3 Å². The summed E-state index contributed by atoms with van der Waals surface area (Å²) in [6, 6.07) is 12.3. The molecule has 2 rings (SSSR count). The Balaban J connectivity index is 2.78. The summed E-state index contributed by atoms with van der Waals surface area (Å²) in [5, 5.41) is 9.45. The standard InChI is InChI=1S/C17H19N3/c1-3-8-15-13(4-2)16(12-9-6-5-7-10-12)14(11-18)17(19)20-15/h5-7,9-10H,3-4,8H2,1-2H3,(H2,19,20)/p+1. The Morgan fingerprint density at radius 1 is 1.20 bits per heavy atom. The second-order valence-electron chi connectivity index (χ2n) is 4.83. The molecule has 0 aliphatic rings. The Bertz CT molecular complexity index is 640. The van der Waals surface area contributed by atoms with Gasteiger partial charge in [-0.05, 0) is 18.4 Å². The maximum Gasteiger partial charge on any atom is 0.289 e. The number of rotatable bonds is 4. The van der Waals surface area contributed by atoms with E-state index in [4.69, 9.17) is 5.73 Å². The van der Waals surface area contributed by atoms with Gasteiger partial charge in [0.2, 0.25) is 0 Å². The lowest BCUT2D eigenvalue weighted by Crippen LogP contribution is -2.22. The van der Waals surface area contributed by atoms with Crippen molar-refractivity contribution in [2.45, 2.75) is 33.1 Å². The summed E-state index contributed by atoms with van der Waals surface area (Å²) < 4.78 is 0. The van der Waals surface area contributed by atoms with Crippen molar-refractivity contribution in [1.82, 2.24) is 0 Å². The van der Waals surface area contributed by atoms with Crippen molar-refractivity contribution < 1.29 is 4.98 Å². The van der Waals surface area contributed by atoms with E-state index in [1.807, 2.05) is 30.3 Å². The minimum absolute atomic E-state index is 0.465. The van der Waals surface area contributed by atoms with Crippen LogP contribution >= 0.6 is 0 Å². The molecule has 0 radical (unpaired) electrons. The molecule has 3 N–H and O–H groups in total. The molecule has 3 nitrogen and oxygen atoms in total. The number of aromatic amines is 1. The predicted octanol–water partition coefficient (Wildman–Crippen LogP) is 3.14. The first-order valence-corrected chi connectivity index (χ1v) is 7.04. The number of nitrogen functional groups attached to an aromatic ring is 1. The number of pyridine rings is 1. The Labute approximate surface area is 120 Å². The lowest BCUT2D eigenvalue weighted by molar-refractivity contribution is -0.373. The lowest BCUT2D eigenvalue weighted by Gasteiger charge is -2.13. The van der Waals surface area contributed by atoms with E-state index in [0.29, 0.717) is 11.4 Å². The highest BCUT2D eigenvalue weighted by Crippen LogP contribution is 2.31. The fraction of sp³-hybridized carbons (Fsp3) is 0.294. The largest absolute Gasteiger partial charge is 0.289 e. The van der Waals surface area contributed by atoms with Crippen molar-refractivity contribution in [2.24, 2.45) is 0 Å². The number of H-pyrrole nitrogens is 1. The molecule has 2 aromatic rings. The SMILES string of the molecule is CCCc1[nH+]c(N)c(C#N)c(-c2ccccc2)c1CC. The second-order valence-corrected chi connectivity index (χ2v) is 4.83. The van der Waals surface area contributed by atoms with Crippen LogP contribution in [-0.4, -0.2) is 0 Å². The fourth-order valence-electron chi connectivity index (χ4n) is 2.63. The molecule has 20 heavy (non-hydrogen) atoms. The Kier molecular flexibility index (Phi) is 4.37. The maximum atomic E-state index is 9.45. The summed E-state index contributed by atoms with van der Waals surface area (Å²) in [7, 11) is 0. The number of nitriles is 1. The van der Waals surface area contributed by atoms with Crippen LogP contribution in [0.25, 0.3) is 11.1 Å². The van der Waals surface area contributed by atoms with Gasteiger partial charge in [-0.25, -0.2) is 4.98 Å². The first-order valence-electron chi connectivity index (χ1n) is 7.04. The number of aromatic nitrogens is 1. The molecule has 0 bridgehead atoms. The second kappa shape index (κ2) is 6.21. The van der Waals surface area contributed by atoms with E-state index in [0.717, 1.165) is 36.1 Å². The van der Waals surface area contributed by atoms with E-state index in [1.165, 1.54) is 5.56 Å². The number of nitrogens with one attached hydrogen (secondary N) is 1. The summed E-state index contributed by atoms with van der Waals surface area (Å²) in [6.45, 7) is 4.26. The van der Waals surface area contributed by atoms with Crippen molar-refractivity contribution in [3.63, 3.8) is 0 Å². The third-order valence-electron chi connectivity index (χ3n) is 3.50. The first-order chi connectivity index (χ1) is 9.72. The van der Waals surface area contributed by atoms with Crippen LogP contribution in [-0.2, 0) is 12.8 Å². The topological polar surface area (TPSA) is 63.9 Å². The molecule has 1 aromatic heterocycles. The fourth-order valence-corrected chi connectivity index (χ4v) is 2.63. The van der Waals surface area contributed by atoms with Gasteiger partial charge in [-0.3, -0.25) is 5.73 Å². The lowest BCUT2D eigenvalue weighted by atomic mass is 9.91. The van der Waals surface area contributed by atoms with Crippen molar-refractivity contribution in [3.05, 3.63) is 47.2 Å². The average molecular weight is 266 g/mol. The van der Waals surface area contributed by atoms with Gasteiger partial charge in [0.25, 0.3) is 5.82 Å². The minimum Gasteiger partial charge on any atom is -0.286 e. The molecular formula is C17H20N3+. The van der Waals surface area contributed by atoms with Crippen LogP contribution in [0.1, 0.15) is 37.1 Å². The number of nitrogens with two attached hydrogens (primary N) is 1. The molecule has 1 heterocycles. The summed E-state index contributed by atoms with van der Waals surface area (Å²) >= 11 is 0. The monoisotopic (exact) mass is 266 g/mol. The zero-order valence-corrected chi connectivity index (χ0v) is 12.0. The zero-order chi connectivity index (χ0) is 14.5. The molecule has 0 atom stereocenters. The summed E-state index contributed by atoms with van der Waals surface area (Å²) in [4.78, 5) is 3.21. The smallest absolute Gasteiger partial charge is 0.286 e. The Hall–Kier alpha value is -2.34. The van der Waals surface area contributed by atoms with Gasteiger partial charge in [-0.1, -0.05) is 44.2 Å². The highest BCUT2D eigenvalue weighted by molar-refractivity contribution is 5.77. The van der Waals surface area contributed by atoms with Crippen LogP contribution in [0.5, 0.6) is 0 Å². The van der Waals surface area contributed by atoms with Crippen LogP contribution in [0.15, 0.2) is 30.3 Å². The number of hydrogen-bond acceptors (Lipinski definition) is 2. The Morgan fingerprint density at radius 3 is 2.45 bits per heavy atom. The number of aryl methyl sites for hydroxylation is 1. The Morgan fingerprint density at radius 2 is 1.90 bits per heavy atom. The number of anilines is 1. The molecule has 0 spiro atoms. The molecule has 0 fully saturated rings. The molecular weight excluding hydrogens is 246 g/mol. The van der Waals surface area contributed by atoms with E-state index in [9.17, 15) is 5.26 Å². The molecule has 102 valence electrons. The number of hydrogen-bond donors (Lipinski definition) is 1. The summed E-state index contributed by atoms with van der Waals surface area (Å²) in [5.41, 5.74) is 11.0. The summed E-state index contributed by atoms with van der Waals surface area (Å²) in [6.07, 6.45) is 2.87. The third kappa shape index (κ3) is 2.50. The average Bonchev–Trinajstić information content (AvgIpc) is 2.48. The molecule has 3 heteroatoms. The summed E-state index contributed by atoms with van der Waals surface area (Å²) in [5.74, 6) is 0.465. The maximum absolute atomic E-state index is 9.45. The predicted molar refractivity (Wildman–Crippen MR) is 80.9 cm³/mol. The highest BCUT2D eigenvalue weighted by atomic mass is 14.9. The van der Waals surface area contributed by atoms with Crippen LogP contribution in [0.2, 0.25) is 0 Å². The quantitative estimate of drug-likeness (QED) is 0.924. The molecule has 0 unspecified atom stereocenters. The molecule has 0 saturated heterocycles. The van der Waals surface area contributed by atoms with Gasteiger partial charge in [-0.15, -0.1) is 0 Å². The van der Waals surface area contributed by atoms with Gasteiger partial charge in [0.15, 0.2) is 0 Å². The zero-order valence-electron chi connectivity index (χ0n) is 12.0. The van der Waals surface area contributed by atoms with Crippen LogP contribution in [0.4, 0.5) is 5.82 Å². The van der Waals surface area contributed by atoms with Crippen molar-refractivity contribution in [3.8, 4) is 17.2 Å². The minimum atomic E-state index is 0.465. The van der Waals surface area contributed by atoms with Crippen molar-refractivity contribution in [2.75, 3.05) is 5.73 Å².